The SMILES string of the molecule is O=C1/C(=C/c2cccc3cccnc23)SC(=S)N1CCCN1CCOCC1. The van der Waals surface area contributed by atoms with Crippen molar-refractivity contribution in [3.8, 4) is 0 Å². The number of thiocarbonyl (C=S) groups is 1. The van der Waals surface area contributed by atoms with Crippen LogP contribution in [0.15, 0.2) is 41.4 Å². The first-order valence-electron chi connectivity index (χ1n) is 9.11. The Hall–Kier alpha value is -1.80. The molecule has 7 heteroatoms. The van der Waals surface area contributed by atoms with Gasteiger partial charge in [0, 0.05) is 43.3 Å². The zero-order valence-electron chi connectivity index (χ0n) is 15.0. The van der Waals surface area contributed by atoms with E-state index in [-0.39, 0.29) is 5.91 Å². The maximum Gasteiger partial charge on any atom is 0.266 e. The summed E-state index contributed by atoms with van der Waals surface area (Å²) >= 11 is 6.83. The van der Waals surface area contributed by atoms with E-state index in [1.54, 1.807) is 11.1 Å². The fraction of sp³-hybridized carbons (Fsp3) is 0.350. The lowest BCUT2D eigenvalue weighted by atomic mass is 10.1. The van der Waals surface area contributed by atoms with Crippen molar-refractivity contribution in [2.45, 2.75) is 6.42 Å². The Morgan fingerprint density at radius 3 is 2.85 bits per heavy atom. The Morgan fingerprint density at radius 2 is 2.00 bits per heavy atom. The molecule has 2 fully saturated rings. The van der Waals surface area contributed by atoms with Gasteiger partial charge in [-0.1, -0.05) is 48.2 Å². The summed E-state index contributed by atoms with van der Waals surface area (Å²) in [7, 11) is 0. The number of para-hydroxylation sites is 1. The number of carbonyl (C=O) groups excluding carboxylic acids is 1. The van der Waals surface area contributed by atoms with Crippen molar-refractivity contribution in [1.82, 2.24) is 14.8 Å². The number of thioether (sulfide) groups is 1. The molecule has 2 aliphatic heterocycles. The van der Waals surface area contributed by atoms with Gasteiger partial charge >= 0.3 is 0 Å². The largest absolute Gasteiger partial charge is 0.379 e. The monoisotopic (exact) mass is 399 g/mol. The zero-order chi connectivity index (χ0) is 18.6. The molecule has 0 unspecified atom stereocenters. The predicted octanol–water partition coefficient (Wildman–Crippen LogP) is 3.16. The molecule has 0 N–H and O–H groups in total. The minimum Gasteiger partial charge on any atom is -0.379 e. The lowest BCUT2D eigenvalue weighted by Gasteiger charge is -2.27. The van der Waals surface area contributed by atoms with Crippen LogP contribution in [0.25, 0.3) is 17.0 Å². The highest BCUT2D eigenvalue weighted by Gasteiger charge is 2.31. The Morgan fingerprint density at radius 1 is 1.19 bits per heavy atom. The molecule has 4 rings (SSSR count). The quantitative estimate of drug-likeness (QED) is 0.569. The topological polar surface area (TPSA) is 45.7 Å². The van der Waals surface area contributed by atoms with E-state index in [1.165, 1.54) is 11.8 Å². The molecular weight excluding hydrogens is 378 g/mol. The van der Waals surface area contributed by atoms with Crippen molar-refractivity contribution in [2.75, 3.05) is 39.4 Å². The van der Waals surface area contributed by atoms with E-state index >= 15 is 0 Å². The number of carbonyl (C=O) groups is 1. The normalized spacial score (nSPS) is 20.1. The summed E-state index contributed by atoms with van der Waals surface area (Å²) in [5, 5.41) is 1.06. The molecule has 1 aromatic heterocycles. The number of ether oxygens (including phenoxy) is 1. The highest BCUT2D eigenvalue weighted by Crippen LogP contribution is 2.33. The summed E-state index contributed by atoms with van der Waals surface area (Å²) in [6, 6.07) is 9.94. The van der Waals surface area contributed by atoms with Crippen LogP contribution in [0.5, 0.6) is 0 Å². The molecule has 0 bridgehead atoms. The minimum atomic E-state index is -0.0000818. The molecule has 27 heavy (non-hydrogen) atoms. The first-order chi connectivity index (χ1) is 13.2. The molecular formula is C20H21N3O2S2. The summed E-state index contributed by atoms with van der Waals surface area (Å²) < 4.78 is 6.01. The average molecular weight is 400 g/mol. The van der Waals surface area contributed by atoms with Gasteiger partial charge in [-0.25, -0.2) is 0 Å². The van der Waals surface area contributed by atoms with Gasteiger partial charge in [0.25, 0.3) is 5.91 Å². The van der Waals surface area contributed by atoms with Crippen LogP contribution in [0.3, 0.4) is 0 Å². The number of pyridine rings is 1. The third-order valence-electron chi connectivity index (χ3n) is 4.78. The standard InChI is InChI=1S/C20H21N3O2S2/c24-19-17(14-16-5-1-4-15-6-2-7-21-18(15)16)27-20(26)23(19)9-3-8-22-10-12-25-13-11-22/h1-2,4-7,14H,3,8-13H2/b17-14-. The van der Waals surface area contributed by atoms with Crippen LogP contribution in [0.2, 0.25) is 0 Å². The molecule has 3 heterocycles. The third-order valence-corrected chi connectivity index (χ3v) is 6.16. The number of hydrogen-bond acceptors (Lipinski definition) is 6. The van der Waals surface area contributed by atoms with E-state index in [0.717, 1.165) is 55.7 Å². The number of aromatic nitrogens is 1. The van der Waals surface area contributed by atoms with Crippen molar-refractivity contribution < 1.29 is 9.53 Å². The third kappa shape index (κ3) is 4.21. The highest BCUT2D eigenvalue weighted by molar-refractivity contribution is 8.26. The second-order valence-corrected chi connectivity index (χ2v) is 8.24. The molecule has 1 amide bonds. The van der Waals surface area contributed by atoms with E-state index in [0.29, 0.717) is 15.8 Å². The van der Waals surface area contributed by atoms with Crippen LogP contribution < -0.4 is 0 Å². The van der Waals surface area contributed by atoms with Crippen LogP contribution in [-0.2, 0) is 9.53 Å². The summed E-state index contributed by atoms with van der Waals surface area (Å²) in [6.07, 6.45) is 4.60. The van der Waals surface area contributed by atoms with Gasteiger partial charge in [0.05, 0.1) is 23.6 Å². The molecule has 1 aromatic carbocycles. The number of nitrogens with zero attached hydrogens (tertiary/aromatic N) is 3. The summed E-state index contributed by atoms with van der Waals surface area (Å²) in [4.78, 5) is 22.1. The molecule has 2 aliphatic rings. The number of rotatable bonds is 5. The van der Waals surface area contributed by atoms with E-state index in [2.05, 4.69) is 9.88 Å². The number of hydrogen-bond donors (Lipinski definition) is 0. The maximum atomic E-state index is 12.8. The molecule has 0 radical (unpaired) electrons. The van der Waals surface area contributed by atoms with Gasteiger partial charge < -0.3 is 4.74 Å². The molecule has 0 spiro atoms. The molecule has 0 aliphatic carbocycles. The van der Waals surface area contributed by atoms with E-state index in [9.17, 15) is 4.79 Å². The average Bonchev–Trinajstić information content (AvgIpc) is 2.96. The Labute approximate surface area is 168 Å². The van der Waals surface area contributed by atoms with E-state index in [1.807, 2.05) is 36.4 Å². The van der Waals surface area contributed by atoms with Gasteiger partial charge in [0.1, 0.15) is 4.32 Å². The molecule has 5 nitrogen and oxygen atoms in total. The second kappa shape index (κ2) is 8.48. The van der Waals surface area contributed by atoms with Gasteiger partial charge in [-0.3, -0.25) is 19.6 Å². The zero-order valence-corrected chi connectivity index (χ0v) is 16.6. The predicted molar refractivity (Wildman–Crippen MR) is 113 cm³/mol. The van der Waals surface area contributed by atoms with Gasteiger partial charge in [0.2, 0.25) is 0 Å². The fourth-order valence-corrected chi connectivity index (χ4v) is 4.65. The molecule has 0 atom stereocenters. The smallest absolute Gasteiger partial charge is 0.266 e. The van der Waals surface area contributed by atoms with Gasteiger partial charge in [0.15, 0.2) is 0 Å². The first-order valence-corrected chi connectivity index (χ1v) is 10.3. The minimum absolute atomic E-state index is 0.0000818. The van der Waals surface area contributed by atoms with E-state index in [4.69, 9.17) is 17.0 Å². The van der Waals surface area contributed by atoms with Crippen molar-refractivity contribution in [3.05, 3.63) is 47.0 Å². The Balaban J connectivity index is 1.44. The second-order valence-electron chi connectivity index (χ2n) is 6.56. The van der Waals surface area contributed by atoms with Gasteiger partial charge in [-0.2, -0.15) is 0 Å². The summed E-state index contributed by atoms with van der Waals surface area (Å²) in [6.45, 7) is 5.14. The summed E-state index contributed by atoms with van der Waals surface area (Å²) in [5.41, 5.74) is 1.85. The molecule has 0 saturated carbocycles. The Bertz CT molecular complexity index is 888. The number of amides is 1. The van der Waals surface area contributed by atoms with Crippen molar-refractivity contribution in [1.29, 1.82) is 0 Å². The molecule has 2 saturated heterocycles. The van der Waals surface area contributed by atoms with Crippen LogP contribution in [-0.4, -0.2) is 64.4 Å². The van der Waals surface area contributed by atoms with Crippen molar-refractivity contribution in [3.63, 3.8) is 0 Å². The van der Waals surface area contributed by atoms with Crippen LogP contribution in [0, 0.1) is 0 Å². The lowest BCUT2D eigenvalue weighted by Crippen LogP contribution is -2.38. The summed E-state index contributed by atoms with van der Waals surface area (Å²) in [5.74, 6) is -0.0000818. The lowest BCUT2D eigenvalue weighted by molar-refractivity contribution is -0.122. The van der Waals surface area contributed by atoms with Gasteiger partial charge in [-0.15, -0.1) is 0 Å². The molecule has 2 aromatic rings. The van der Waals surface area contributed by atoms with Crippen molar-refractivity contribution >= 4 is 51.2 Å². The van der Waals surface area contributed by atoms with Crippen LogP contribution in [0.4, 0.5) is 0 Å². The first kappa shape index (κ1) is 18.6. The highest BCUT2D eigenvalue weighted by atomic mass is 32.2. The number of benzene rings is 1. The van der Waals surface area contributed by atoms with E-state index < -0.39 is 0 Å². The van der Waals surface area contributed by atoms with Crippen LogP contribution in [0.1, 0.15) is 12.0 Å². The Kier molecular flexibility index (Phi) is 5.83. The number of fused-ring (bicyclic) bond motifs is 1. The number of morpholine rings is 1. The molecule has 140 valence electrons. The fourth-order valence-electron chi connectivity index (χ4n) is 3.36. The van der Waals surface area contributed by atoms with Crippen molar-refractivity contribution in [2.24, 2.45) is 0 Å². The maximum absolute atomic E-state index is 12.8. The van der Waals surface area contributed by atoms with Crippen LogP contribution >= 0.6 is 24.0 Å². The van der Waals surface area contributed by atoms with Gasteiger partial charge in [-0.05, 0) is 18.6 Å².